The first-order valence-corrected chi connectivity index (χ1v) is 8.67. The monoisotopic (exact) mass is 377 g/mol. The van der Waals surface area contributed by atoms with Crippen LogP contribution in [0.3, 0.4) is 0 Å². The van der Waals surface area contributed by atoms with Crippen LogP contribution >= 0.6 is 0 Å². The van der Waals surface area contributed by atoms with Crippen molar-refractivity contribution in [3.8, 4) is 5.75 Å². The van der Waals surface area contributed by atoms with E-state index in [0.717, 1.165) is 25.0 Å². The number of nitrogens with one attached hydrogen (secondary N) is 2. The Kier molecular flexibility index (Phi) is 6.38. The molecular formula is C18H23N3O6. The molecule has 3 N–H and O–H groups in total. The smallest absolute Gasteiger partial charge is 0.338 e. The molecule has 0 radical (unpaired) electrons. The lowest BCUT2D eigenvalue weighted by Crippen LogP contribution is -2.45. The van der Waals surface area contributed by atoms with E-state index in [1.54, 1.807) is 6.92 Å². The standard InChI is InChI=1S/C18H23N3O6/c1-4-5-10(2)9-27-17(23)15-11(3)19-18(24)20-16(15)12-6-7-14(22)13(8-12)21(25)26/h6-8,10,16,22H,4-5,9H2,1-3H3,(H2,19,20,24)/t10-,16-/m0/s1. The third-order valence-corrected chi connectivity index (χ3v) is 4.30. The lowest BCUT2D eigenvalue weighted by Gasteiger charge is -2.28. The van der Waals surface area contributed by atoms with E-state index in [0.29, 0.717) is 11.3 Å². The summed E-state index contributed by atoms with van der Waals surface area (Å²) in [5, 5.41) is 25.8. The number of amides is 2. The van der Waals surface area contributed by atoms with Gasteiger partial charge in [-0.2, -0.15) is 0 Å². The number of carbonyl (C=O) groups is 2. The number of carbonyl (C=O) groups excluding carboxylic acids is 2. The number of nitro groups is 1. The number of ether oxygens (including phenoxy) is 1. The van der Waals surface area contributed by atoms with Gasteiger partial charge in [-0.15, -0.1) is 0 Å². The highest BCUT2D eigenvalue weighted by Gasteiger charge is 2.33. The van der Waals surface area contributed by atoms with Crippen molar-refractivity contribution < 1.29 is 24.4 Å². The molecule has 1 aliphatic heterocycles. The molecule has 0 fully saturated rings. The Morgan fingerprint density at radius 3 is 2.78 bits per heavy atom. The number of phenols is 1. The maximum absolute atomic E-state index is 12.6. The summed E-state index contributed by atoms with van der Waals surface area (Å²) in [5.41, 5.74) is 0.260. The molecule has 0 saturated heterocycles. The molecule has 0 bridgehead atoms. The Bertz CT molecular complexity index is 789. The van der Waals surface area contributed by atoms with Crippen LogP contribution in [-0.2, 0) is 9.53 Å². The highest BCUT2D eigenvalue weighted by Crippen LogP contribution is 2.33. The molecule has 1 aromatic rings. The number of aromatic hydroxyl groups is 1. The van der Waals surface area contributed by atoms with Crippen molar-refractivity contribution >= 4 is 17.7 Å². The summed E-state index contributed by atoms with van der Waals surface area (Å²) in [4.78, 5) is 34.9. The molecular weight excluding hydrogens is 354 g/mol. The number of rotatable bonds is 7. The lowest BCUT2D eigenvalue weighted by molar-refractivity contribution is -0.385. The van der Waals surface area contributed by atoms with Crippen LogP contribution in [0.1, 0.15) is 45.2 Å². The average Bonchev–Trinajstić information content (AvgIpc) is 2.59. The van der Waals surface area contributed by atoms with Gasteiger partial charge in [0.15, 0.2) is 5.75 Å². The number of phenolic OH excluding ortho intramolecular Hbond substituents is 1. The van der Waals surface area contributed by atoms with Crippen LogP contribution in [0, 0.1) is 16.0 Å². The van der Waals surface area contributed by atoms with E-state index in [9.17, 15) is 24.8 Å². The van der Waals surface area contributed by atoms with Gasteiger partial charge in [-0.3, -0.25) is 10.1 Å². The zero-order chi connectivity index (χ0) is 20.1. The first kappa shape index (κ1) is 20.2. The molecule has 0 unspecified atom stereocenters. The number of benzene rings is 1. The third kappa shape index (κ3) is 4.75. The van der Waals surface area contributed by atoms with Gasteiger partial charge < -0.3 is 20.5 Å². The molecule has 9 nitrogen and oxygen atoms in total. The van der Waals surface area contributed by atoms with Crippen molar-refractivity contribution in [3.63, 3.8) is 0 Å². The number of allylic oxidation sites excluding steroid dienone is 1. The highest BCUT2D eigenvalue weighted by atomic mass is 16.6. The molecule has 1 aromatic carbocycles. The van der Waals surface area contributed by atoms with Crippen LogP contribution in [0.15, 0.2) is 29.5 Å². The van der Waals surface area contributed by atoms with Gasteiger partial charge in [0.1, 0.15) is 0 Å². The summed E-state index contributed by atoms with van der Waals surface area (Å²) in [6, 6.07) is 2.24. The lowest BCUT2D eigenvalue weighted by atomic mass is 9.95. The number of hydrogen-bond acceptors (Lipinski definition) is 6. The van der Waals surface area contributed by atoms with Crippen molar-refractivity contribution in [2.45, 2.75) is 39.7 Å². The molecule has 0 saturated carbocycles. The quantitative estimate of drug-likeness (QED) is 0.380. The predicted octanol–water partition coefficient (Wildman–Crippen LogP) is 2.91. The molecule has 0 spiro atoms. The van der Waals surface area contributed by atoms with E-state index < -0.39 is 34.4 Å². The Morgan fingerprint density at radius 1 is 1.44 bits per heavy atom. The van der Waals surface area contributed by atoms with Crippen LogP contribution in [0.25, 0.3) is 0 Å². The van der Waals surface area contributed by atoms with Crippen LogP contribution in [0.2, 0.25) is 0 Å². The molecule has 146 valence electrons. The van der Waals surface area contributed by atoms with Crippen LogP contribution in [0.5, 0.6) is 5.75 Å². The number of esters is 1. The van der Waals surface area contributed by atoms with Gasteiger partial charge in [0.25, 0.3) is 0 Å². The van der Waals surface area contributed by atoms with Crippen LogP contribution in [0.4, 0.5) is 10.5 Å². The molecule has 1 heterocycles. The van der Waals surface area contributed by atoms with Gasteiger partial charge in [-0.1, -0.05) is 26.3 Å². The molecule has 0 aromatic heterocycles. The normalized spacial score (nSPS) is 17.7. The van der Waals surface area contributed by atoms with Crippen molar-refractivity contribution in [2.75, 3.05) is 6.61 Å². The topological polar surface area (TPSA) is 131 Å². The van der Waals surface area contributed by atoms with Gasteiger partial charge >= 0.3 is 17.7 Å². The predicted molar refractivity (Wildman–Crippen MR) is 96.9 cm³/mol. The first-order chi connectivity index (χ1) is 12.7. The fourth-order valence-electron chi connectivity index (χ4n) is 2.95. The second-order valence-electron chi connectivity index (χ2n) is 6.57. The molecule has 1 aliphatic rings. The highest BCUT2D eigenvalue weighted by molar-refractivity contribution is 5.95. The molecule has 0 aliphatic carbocycles. The summed E-state index contributed by atoms with van der Waals surface area (Å²) < 4.78 is 5.38. The summed E-state index contributed by atoms with van der Waals surface area (Å²) >= 11 is 0. The minimum atomic E-state index is -0.924. The molecule has 9 heteroatoms. The molecule has 2 rings (SSSR count). The van der Waals surface area contributed by atoms with Crippen LogP contribution < -0.4 is 10.6 Å². The van der Waals surface area contributed by atoms with E-state index in [4.69, 9.17) is 4.74 Å². The Labute approximate surface area is 156 Å². The Balaban J connectivity index is 2.34. The summed E-state index contributed by atoms with van der Waals surface area (Å²) in [6.07, 6.45) is 1.88. The fraction of sp³-hybridized carbons (Fsp3) is 0.444. The Hall–Kier alpha value is -3.10. The van der Waals surface area contributed by atoms with Crippen molar-refractivity contribution in [2.24, 2.45) is 5.92 Å². The van der Waals surface area contributed by atoms with E-state index in [-0.39, 0.29) is 18.1 Å². The van der Waals surface area contributed by atoms with E-state index >= 15 is 0 Å². The first-order valence-electron chi connectivity index (χ1n) is 8.67. The summed E-state index contributed by atoms with van der Waals surface area (Å²) in [6.45, 7) is 5.81. The van der Waals surface area contributed by atoms with Crippen LogP contribution in [-0.4, -0.2) is 28.6 Å². The second kappa shape index (κ2) is 8.52. The van der Waals surface area contributed by atoms with E-state index in [2.05, 4.69) is 10.6 Å². The molecule has 27 heavy (non-hydrogen) atoms. The van der Waals surface area contributed by atoms with Gasteiger partial charge in [-0.05, 0) is 30.9 Å². The second-order valence-corrected chi connectivity index (χ2v) is 6.57. The van der Waals surface area contributed by atoms with Gasteiger partial charge in [-0.25, -0.2) is 9.59 Å². The minimum Gasteiger partial charge on any atom is -0.502 e. The van der Waals surface area contributed by atoms with E-state index in [1.165, 1.54) is 6.07 Å². The summed E-state index contributed by atoms with van der Waals surface area (Å²) in [5.74, 6) is -0.912. The zero-order valence-corrected chi connectivity index (χ0v) is 15.4. The van der Waals surface area contributed by atoms with E-state index in [1.807, 2.05) is 13.8 Å². The number of nitrogens with zero attached hydrogens (tertiary/aromatic N) is 1. The fourth-order valence-corrected chi connectivity index (χ4v) is 2.95. The average molecular weight is 377 g/mol. The molecule has 2 atom stereocenters. The van der Waals surface area contributed by atoms with Gasteiger partial charge in [0.05, 0.1) is 23.1 Å². The molecule has 2 amide bonds. The third-order valence-electron chi connectivity index (χ3n) is 4.30. The number of hydrogen-bond donors (Lipinski definition) is 3. The zero-order valence-electron chi connectivity index (χ0n) is 15.4. The number of urea groups is 1. The largest absolute Gasteiger partial charge is 0.502 e. The Morgan fingerprint density at radius 2 is 2.15 bits per heavy atom. The van der Waals surface area contributed by atoms with Crippen molar-refractivity contribution in [1.82, 2.24) is 10.6 Å². The SMILES string of the molecule is CCC[C@H](C)COC(=O)C1=C(C)NC(=O)N[C@H]1c1ccc(O)c([N+](=O)[O-])c1. The minimum absolute atomic E-state index is 0.165. The number of nitro benzene ring substituents is 1. The van der Waals surface area contributed by atoms with Crippen molar-refractivity contribution in [1.29, 1.82) is 0 Å². The maximum Gasteiger partial charge on any atom is 0.338 e. The van der Waals surface area contributed by atoms with Gasteiger partial charge in [0, 0.05) is 11.8 Å². The van der Waals surface area contributed by atoms with Gasteiger partial charge in [0.2, 0.25) is 0 Å². The maximum atomic E-state index is 12.6. The summed E-state index contributed by atoms with van der Waals surface area (Å²) in [7, 11) is 0. The van der Waals surface area contributed by atoms with Crippen molar-refractivity contribution in [3.05, 3.63) is 45.1 Å².